The fraction of sp³-hybridized carbons (Fsp3) is 0.550. The molecule has 1 aliphatic carbocycles. The summed E-state index contributed by atoms with van der Waals surface area (Å²) < 4.78 is 9.12. The maximum Gasteiger partial charge on any atom is 0.247 e. The molecule has 3 aromatic heterocycles. The first-order chi connectivity index (χ1) is 14.2. The van der Waals surface area contributed by atoms with Crippen molar-refractivity contribution >= 4 is 23.0 Å². The minimum absolute atomic E-state index is 0.437. The molecule has 4 heterocycles. The second-order valence-corrected chi connectivity index (χ2v) is 7.95. The first-order valence-electron chi connectivity index (χ1n) is 10.4. The molecule has 5 rings (SSSR count). The van der Waals surface area contributed by atoms with E-state index < -0.39 is 0 Å². The second kappa shape index (κ2) is 8.00. The molecule has 29 heavy (non-hydrogen) atoms. The predicted molar refractivity (Wildman–Crippen MR) is 112 cm³/mol. The first kappa shape index (κ1) is 18.4. The fourth-order valence-electron chi connectivity index (χ4n) is 4.43. The molecule has 0 radical (unpaired) electrons. The lowest BCUT2D eigenvalue weighted by atomic mass is 9.90. The van der Waals surface area contributed by atoms with Gasteiger partial charge >= 0.3 is 0 Å². The summed E-state index contributed by atoms with van der Waals surface area (Å²) in [5.41, 5.74) is 1.87. The van der Waals surface area contributed by atoms with Crippen LogP contribution in [-0.4, -0.2) is 67.7 Å². The van der Waals surface area contributed by atoms with Gasteiger partial charge in [0.1, 0.15) is 5.52 Å². The van der Waals surface area contributed by atoms with E-state index in [4.69, 9.17) is 9.72 Å². The largest absolute Gasteiger partial charge is 0.379 e. The number of hydrogen-bond donors (Lipinski definition) is 2. The third kappa shape index (κ3) is 4.06. The number of ether oxygens (including phenoxy) is 1. The van der Waals surface area contributed by atoms with E-state index in [0.29, 0.717) is 18.0 Å². The molecule has 0 spiro atoms. The Kier molecular flexibility index (Phi) is 5.07. The number of hydrogen-bond acceptors (Lipinski definition) is 7. The van der Waals surface area contributed by atoms with Gasteiger partial charge in [0.15, 0.2) is 5.82 Å². The van der Waals surface area contributed by atoms with Gasteiger partial charge in [-0.15, -0.1) is 5.10 Å². The van der Waals surface area contributed by atoms with Crippen LogP contribution in [0.25, 0.3) is 5.52 Å². The molecule has 9 heteroatoms. The summed E-state index contributed by atoms with van der Waals surface area (Å²) >= 11 is 0. The molecule has 0 unspecified atom stereocenters. The average molecular weight is 396 g/mol. The van der Waals surface area contributed by atoms with Gasteiger partial charge in [0.25, 0.3) is 0 Å². The zero-order valence-electron chi connectivity index (χ0n) is 16.8. The predicted octanol–water partition coefficient (Wildman–Crippen LogP) is 2.26. The van der Waals surface area contributed by atoms with E-state index in [2.05, 4.69) is 31.8 Å². The van der Waals surface area contributed by atoms with Crippen LogP contribution in [0.3, 0.4) is 0 Å². The molecule has 2 aliphatic rings. The summed E-state index contributed by atoms with van der Waals surface area (Å²) in [4.78, 5) is 7.37. The van der Waals surface area contributed by atoms with Gasteiger partial charge in [-0.25, -0.2) is 4.52 Å². The van der Waals surface area contributed by atoms with Gasteiger partial charge in [-0.2, -0.15) is 10.1 Å². The monoisotopic (exact) mass is 396 g/mol. The van der Waals surface area contributed by atoms with Crippen molar-refractivity contribution in [2.75, 3.05) is 36.9 Å². The zero-order valence-corrected chi connectivity index (χ0v) is 16.8. The molecule has 0 bridgehead atoms. The van der Waals surface area contributed by atoms with Crippen molar-refractivity contribution in [1.29, 1.82) is 0 Å². The molecule has 154 valence electrons. The number of morpholine rings is 1. The van der Waals surface area contributed by atoms with Crippen LogP contribution in [-0.2, 0) is 11.8 Å². The highest BCUT2D eigenvalue weighted by Crippen LogP contribution is 2.27. The van der Waals surface area contributed by atoms with Gasteiger partial charge in [-0.05, 0) is 37.8 Å². The van der Waals surface area contributed by atoms with Crippen LogP contribution in [0.4, 0.5) is 17.5 Å². The Morgan fingerprint density at radius 1 is 1.14 bits per heavy atom. The van der Waals surface area contributed by atoms with E-state index in [-0.39, 0.29) is 0 Å². The highest BCUT2D eigenvalue weighted by Gasteiger charge is 2.27. The van der Waals surface area contributed by atoms with E-state index in [1.165, 1.54) is 12.8 Å². The summed E-state index contributed by atoms with van der Waals surface area (Å²) in [6.07, 6.45) is 10.4. The van der Waals surface area contributed by atoms with E-state index >= 15 is 0 Å². The Balaban J connectivity index is 1.28. The van der Waals surface area contributed by atoms with Crippen molar-refractivity contribution in [2.24, 2.45) is 7.05 Å². The van der Waals surface area contributed by atoms with Crippen molar-refractivity contribution in [3.63, 3.8) is 0 Å². The molecular weight excluding hydrogens is 368 g/mol. The average Bonchev–Trinajstić information content (AvgIpc) is 3.38. The third-order valence-electron chi connectivity index (χ3n) is 5.95. The number of anilines is 3. The summed E-state index contributed by atoms with van der Waals surface area (Å²) in [7, 11) is 1.89. The fourth-order valence-corrected chi connectivity index (χ4v) is 4.43. The van der Waals surface area contributed by atoms with Gasteiger partial charge in [0, 0.05) is 44.6 Å². The molecule has 3 aromatic rings. The number of aryl methyl sites for hydroxylation is 1. The maximum atomic E-state index is 5.50. The molecule has 1 saturated heterocycles. The van der Waals surface area contributed by atoms with E-state index in [0.717, 1.165) is 56.2 Å². The van der Waals surface area contributed by atoms with Gasteiger partial charge in [-0.3, -0.25) is 9.58 Å². The lowest BCUT2D eigenvalue weighted by Crippen LogP contribution is -2.46. The van der Waals surface area contributed by atoms with Gasteiger partial charge < -0.3 is 15.4 Å². The molecular formula is C20H28N8O. The van der Waals surface area contributed by atoms with Crippen LogP contribution >= 0.6 is 0 Å². The standard InChI is InChI=1S/C20H28N8O/c1-26-14-16(13-21-26)23-20-24-19(18-3-2-8-28(18)25-20)22-15-4-6-17(7-5-15)27-9-11-29-12-10-27/h2-3,8,13-15,17H,4-7,9-12H2,1H3,(H2,22,23,24,25)/t15-,17-. The highest BCUT2D eigenvalue weighted by atomic mass is 16.5. The topological polar surface area (TPSA) is 84.5 Å². The smallest absolute Gasteiger partial charge is 0.247 e. The quantitative estimate of drug-likeness (QED) is 0.684. The second-order valence-electron chi connectivity index (χ2n) is 7.95. The van der Waals surface area contributed by atoms with Gasteiger partial charge in [0.05, 0.1) is 25.1 Å². The van der Waals surface area contributed by atoms with Crippen LogP contribution in [0.15, 0.2) is 30.7 Å². The van der Waals surface area contributed by atoms with Crippen LogP contribution in [0.2, 0.25) is 0 Å². The number of fused-ring (bicyclic) bond motifs is 1. The molecule has 2 fully saturated rings. The number of nitrogens with zero attached hydrogens (tertiary/aromatic N) is 6. The Bertz CT molecular complexity index is 952. The molecule has 1 aliphatic heterocycles. The molecule has 2 N–H and O–H groups in total. The van der Waals surface area contributed by atoms with Crippen LogP contribution in [0, 0.1) is 0 Å². The molecule has 9 nitrogen and oxygen atoms in total. The van der Waals surface area contributed by atoms with Crippen molar-refractivity contribution in [2.45, 2.75) is 37.8 Å². The highest BCUT2D eigenvalue weighted by molar-refractivity contribution is 5.69. The first-order valence-corrected chi connectivity index (χ1v) is 10.4. The van der Waals surface area contributed by atoms with E-state index in [1.54, 1.807) is 10.9 Å². The van der Waals surface area contributed by atoms with Gasteiger partial charge in [-0.1, -0.05) is 0 Å². The third-order valence-corrected chi connectivity index (χ3v) is 5.95. The summed E-state index contributed by atoms with van der Waals surface area (Å²) in [6.45, 7) is 3.89. The van der Waals surface area contributed by atoms with Crippen molar-refractivity contribution in [3.05, 3.63) is 30.7 Å². The van der Waals surface area contributed by atoms with Gasteiger partial charge in [0.2, 0.25) is 5.95 Å². The van der Waals surface area contributed by atoms with E-state index in [9.17, 15) is 0 Å². The maximum absolute atomic E-state index is 5.50. The molecule has 0 aromatic carbocycles. The minimum Gasteiger partial charge on any atom is -0.379 e. The Hall–Kier alpha value is -2.65. The van der Waals surface area contributed by atoms with Crippen molar-refractivity contribution in [3.8, 4) is 0 Å². The SMILES string of the molecule is Cn1cc(Nc2nc(N[C@H]3CC[C@H](N4CCOCC4)CC3)c3cccn3n2)cn1. The number of nitrogens with one attached hydrogen (secondary N) is 2. The minimum atomic E-state index is 0.437. The van der Waals surface area contributed by atoms with Crippen LogP contribution in [0.1, 0.15) is 25.7 Å². The summed E-state index contributed by atoms with van der Waals surface area (Å²) in [6, 6.07) is 5.18. The van der Waals surface area contributed by atoms with Crippen LogP contribution in [0.5, 0.6) is 0 Å². The summed E-state index contributed by atoms with van der Waals surface area (Å²) in [5, 5.41) is 15.7. The lowest BCUT2D eigenvalue weighted by Gasteiger charge is -2.39. The Morgan fingerprint density at radius 3 is 2.72 bits per heavy atom. The normalized spacial score (nSPS) is 23.3. The molecule has 0 atom stereocenters. The van der Waals surface area contributed by atoms with Crippen molar-refractivity contribution in [1.82, 2.24) is 29.3 Å². The van der Waals surface area contributed by atoms with Crippen LogP contribution < -0.4 is 10.6 Å². The number of rotatable bonds is 5. The van der Waals surface area contributed by atoms with E-state index in [1.807, 2.05) is 30.0 Å². The lowest BCUT2D eigenvalue weighted by molar-refractivity contribution is 0.00791. The zero-order chi connectivity index (χ0) is 19.6. The molecule has 0 amide bonds. The molecule has 1 saturated carbocycles. The summed E-state index contributed by atoms with van der Waals surface area (Å²) in [5.74, 6) is 1.44. The van der Waals surface area contributed by atoms with Crippen molar-refractivity contribution < 1.29 is 4.74 Å². The Morgan fingerprint density at radius 2 is 1.97 bits per heavy atom. The number of aromatic nitrogens is 5. The Labute approximate surface area is 170 Å².